The molecule has 1 heterocycles. The highest BCUT2D eigenvalue weighted by atomic mass is 15.1. The van der Waals surface area contributed by atoms with Gasteiger partial charge in [0.15, 0.2) is 5.82 Å². The summed E-state index contributed by atoms with van der Waals surface area (Å²) in [5.74, 6) is 0.911. The van der Waals surface area contributed by atoms with Crippen LogP contribution in [0, 0.1) is 0 Å². The first-order valence-corrected chi connectivity index (χ1v) is 5.83. The van der Waals surface area contributed by atoms with Crippen molar-refractivity contribution in [2.24, 2.45) is 0 Å². The molecule has 2 rings (SSSR count). The molecule has 0 saturated carbocycles. The van der Waals surface area contributed by atoms with Gasteiger partial charge in [-0.25, -0.2) is 9.97 Å². The molecule has 0 fully saturated rings. The maximum atomic E-state index is 4.64. The predicted molar refractivity (Wildman–Crippen MR) is 73.2 cm³/mol. The van der Waals surface area contributed by atoms with Crippen LogP contribution in [0.15, 0.2) is 30.3 Å². The minimum Gasteiger partial charge on any atom is -0.361 e. The van der Waals surface area contributed by atoms with Crippen molar-refractivity contribution < 1.29 is 0 Å². The highest BCUT2D eigenvalue weighted by molar-refractivity contribution is 5.79. The maximum Gasteiger partial charge on any atom is 0.154 e. The summed E-state index contributed by atoms with van der Waals surface area (Å²) >= 11 is 0. The van der Waals surface area contributed by atoms with Crippen molar-refractivity contribution in [3.8, 4) is 0 Å². The van der Waals surface area contributed by atoms with Crippen LogP contribution in [0.25, 0.3) is 17.1 Å². The molecule has 0 bridgehead atoms. The molecule has 0 saturated heterocycles. The largest absolute Gasteiger partial charge is 0.361 e. The number of benzene rings is 1. The van der Waals surface area contributed by atoms with Crippen LogP contribution in [0.2, 0.25) is 0 Å². The summed E-state index contributed by atoms with van der Waals surface area (Å²) in [5, 5.41) is 0. The van der Waals surface area contributed by atoms with Crippen LogP contribution in [0.5, 0.6) is 0 Å². The molecule has 0 aliphatic rings. The van der Waals surface area contributed by atoms with Crippen molar-refractivity contribution in [1.82, 2.24) is 9.97 Å². The lowest BCUT2D eigenvalue weighted by Gasteiger charge is -2.14. The first-order valence-electron chi connectivity index (χ1n) is 5.83. The van der Waals surface area contributed by atoms with Gasteiger partial charge in [0, 0.05) is 14.1 Å². The van der Waals surface area contributed by atoms with E-state index in [9.17, 15) is 0 Å². The molecule has 0 unspecified atom stereocenters. The third kappa shape index (κ3) is 2.44. The monoisotopic (exact) mass is 227 g/mol. The average Bonchev–Trinajstić information content (AvgIpc) is 2.35. The Morgan fingerprint density at radius 3 is 2.35 bits per heavy atom. The summed E-state index contributed by atoms with van der Waals surface area (Å²) in [5.41, 5.74) is 2.80. The Hall–Kier alpha value is -1.90. The molecule has 1 aromatic carbocycles. The number of anilines is 1. The van der Waals surface area contributed by atoms with Crippen molar-refractivity contribution >= 4 is 22.9 Å². The van der Waals surface area contributed by atoms with Crippen LogP contribution in [-0.2, 0) is 0 Å². The van der Waals surface area contributed by atoms with Gasteiger partial charge in [0.05, 0.1) is 11.0 Å². The first kappa shape index (κ1) is 11.6. The molecule has 3 nitrogen and oxygen atoms in total. The van der Waals surface area contributed by atoms with Crippen LogP contribution in [0.3, 0.4) is 0 Å². The molecule has 17 heavy (non-hydrogen) atoms. The Balaban J connectivity index is 2.62. The third-order valence-electron chi connectivity index (χ3n) is 2.51. The summed E-state index contributed by atoms with van der Waals surface area (Å²) < 4.78 is 0. The van der Waals surface area contributed by atoms with Crippen molar-refractivity contribution in [2.45, 2.75) is 13.3 Å². The molecule has 0 aliphatic carbocycles. The van der Waals surface area contributed by atoms with E-state index in [0.29, 0.717) is 0 Å². The van der Waals surface area contributed by atoms with E-state index < -0.39 is 0 Å². The maximum absolute atomic E-state index is 4.64. The smallest absolute Gasteiger partial charge is 0.154 e. The Kier molecular flexibility index (Phi) is 3.38. The second-order valence-corrected chi connectivity index (χ2v) is 4.13. The van der Waals surface area contributed by atoms with Crippen molar-refractivity contribution in [3.63, 3.8) is 0 Å². The number of rotatable bonds is 3. The SMILES string of the molecule is CC/C=C/c1nc2ccccc2nc1N(C)C. The zero-order chi connectivity index (χ0) is 12.3. The van der Waals surface area contributed by atoms with Gasteiger partial charge in [-0.15, -0.1) is 0 Å². The van der Waals surface area contributed by atoms with Gasteiger partial charge in [-0.2, -0.15) is 0 Å². The molecule has 0 spiro atoms. The zero-order valence-electron chi connectivity index (χ0n) is 10.5. The third-order valence-corrected chi connectivity index (χ3v) is 2.51. The van der Waals surface area contributed by atoms with Crippen LogP contribution >= 0.6 is 0 Å². The number of hydrogen-bond donors (Lipinski definition) is 0. The quantitative estimate of drug-likeness (QED) is 0.806. The predicted octanol–water partition coefficient (Wildman–Crippen LogP) is 3.12. The molecule has 0 aliphatic heterocycles. The lowest BCUT2D eigenvalue weighted by Crippen LogP contribution is -2.13. The molecular weight excluding hydrogens is 210 g/mol. The second-order valence-electron chi connectivity index (χ2n) is 4.13. The van der Waals surface area contributed by atoms with E-state index in [1.807, 2.05) is 49.3 Å². The standard InChI is InChI=1S/C14H17N3/c1-4-5-8-13-14(17(2)3)16-12-10-7-6-9-11(12)15-13/h5-10H,4H2,1-3H3/b8-5+. The minimum absolute atomic E-state index is 0.911. The van der Waals surface area contributed by atoms with E-state index in [1.165, 1.54) is 0 Å². The molecule has 0 amide bonds. The summed E-state index contributed by atoms with van der Waals surface area (Å²) in [6, 6.07) is 7.95. The van der Waals surface area contributed by atoms with Gasteiger partial charge in [-0.3, -0.25) is 0 Å². The Bertz CT molecular complexity index is 544. The fourth-order valence-corrected chi connectivity index (χ4v) is 1.67. The number of para-hydroxylation sites is 2. The second kappa shape index (κ2) is 4.95. The normalized spacial score (nSPS) is 11.2. The van der Waals surface area contributed by atoms with Crippen LogP contribution in [0.1, 0.15) is 19.0 Å². The number of allylic oxidation sites excluding steroid dienone is 1. The molecule has 0 N–H and O–H groups in total. The molecule has 0 atom stereocenters. The average molecular weight is 227 g/mol. The summed E-state index contributed by atoms with van der Waals surface area (Å²) in [6.45, 7) is 2.11. The highest BCUT2D eigenvalue weighted by Crippen LogP contribution is 2.20. The van der Waals surface area contributed by atoms with E-state index in [1.54, 1.807) is 0 Å². The Morgan fingerprint density at radius 2 is 1.76 bits per heavy atom. The number of fused-ring (bicyclic) bond motifs is 1. The van der Waals surface area contributed by atoms with Gasteiger partial charge >= 0.3 is 0 Å². The zero-order valence-corrected chi connectivity index (χ0v) is 10.5. The first-order chi connectivity index (χ1) is 8.22. The molecule has 0 radical (unpaired) electrons. The van der Waals surface area contributed by atoms with Crippen molar-refractivity contribution in [1.29, 1.82) is 0 Å². The molecular formula is C14H17N3. The van der Waals surface area contributed by atoms with E-state index in [2.05, 4.69) is 23.0 Å². The van der Waals surface area contributed by atoms with E-state index in [4.69, 9.17) is 0 Å². The molecule has 1 aromatic heterocycles. The topological polar surface area (TPSA) is 29.0 Å². The Morgan fingerprint density at radius 1 is 1.12 bits per heavy atom. The van der Waals surface area contributed by atoms with Gasteiger partial charge in [0.1, 0.15) is 5.69 Å². The minimum atomic E-state index is 0.911. The van der Waals surface area contributed by atoms with Crippen LogP contribution in [0.4, 0.5) is 5.82 Å². The summed E-state index contributed by atoms with van der Waals surface area (Å²) in [4.78, 5) is 11.3. The molecule has 3 heteroatoms. The van der Waals surface area contributed by atoms with E-state index >= 15 is 0 Å². The fourth-order valence-electron chi connectivity index (χ4n) is 1.67. The Labute approximate surface area is 102 Å². The van der Waals surface area contributed by atoms with E-state index in [-0.39, 0.29) is 0 Å². The van der Waals surface area contributed by atoms with Crippen LogP contribution in [-0.4, -0.2) is 24.1 Å². The van der Waals surface area contributed by atoms with Crippen molar-refractivity contribution in [2.75, 3.05) is 19.0 Å². The summed E-state index contributed by atoms with van der Waals surface area (Å²) in [6.07, 6.45) is 5.14. The number of hydrogen-bond acceptors (Lipinski definition) is 3. The van der Waals surface area contributed by atoms with Gasteiger partial charge in [-0.05, 0) is 24.6 Å². The summed E-state index contributed by atoms with van der Waals surface area (Å²) in [7, 11) is 3.98. The van der Waals surface area contributed by atoms with Gasteiger partial charge in [-0.1, -0.05) is 25.1 Å². The molecule has 88 valence electrons. The van der Waals surface area contributed by atoms with Crippen molar-refractivity contribution in [3.05, 3.63) is 36.0 Å². The van der Waals surface area contributed by atoms with Gasteiger partial charge in [0.25, 0.3) is 0 Å². The number of aromatic nitrogens is 2. The molecule has 2 aromatic rings. The van der Waals surface area contributed by atoms with E-state index in [0.717, 1.165) is 29.0 Å². The number of nitrogens with zero attached hydrogens (tertiary/aromatic N) is 3. The fraction of sp³-hybridized carbons (Fsp3) is 0.286. The van der Waals surface area contributed by atoms with Gasteiger partial charge in [0.2, 0.25) is 0 Å². The van der Waals surface area contributed by atoms with Crippen LogP contribution < -0.4 is 4.90 Å². The lowest BCUT2D eigenvalue weighted by atomic mass is 10.2. The lowest BCUT2D eigenvalue weighted by molar-refractivity contribution is 1.06. The highest BCUT2D eigenvalue weighted by Gasteiger charge is 2.07. The van der Waals surface area contributed by atoms with Gasteiger partial charge < -0.3 is 4.90 Å².